The number of halogens is 2. The molecule has 4 rings (SSSR count). The summed E-state index contributed by atoms with van der Waals surface area (Å²) in [4.78, 5) is 27.8. The number of carbonyl (C=O) groups is 2. The first-order valence-electron chi connectivity index (χ1n) is 11.8. The predicted molar refractivity (Wildman–Crippen MR) is 147 cm³/mol. The van der Waals surface area contributed by atoms with Gasteiger partial charge in [-0.3, -0.25) is 9.69 Å². The van der Waals surface area contributed by atoms with Gasteiger partial charge in [0.15, 0.2) is 6.17 Å². The van der Waals surface area contributed by atoms with Crippen molar-refractivity contribution >= 4 is 50.9 Å². The van der Waals surface area contributed by atoms with Crippen LogP contribution in [-0.2, 0) is 27.9 Å². The molecule has 1 heterocycles. The van der Waals surface area contributed by atoms with E-state index in [0.29, 0.717) is 12.2 Å². The summed E-state index contributed by atoms with van der Waals surface area (Å²) in [5.74, 6) is -0.649. The number of anilines is 1. The number of rotatable bonds is 7. The lowest BCUT2D eigenvalue weighted by Crippen LogP contribution is -2.54. The average molecular weight is 577 g/mol. The second kappa shape index (κ2) is 11.7. The van der Waals surface area contributed by atoms with Gasteiger partial charge in [0.05, 0.1) is 14.9 Å². The van der Waals surface area contributed by atoms with E-state index in [9.17, 15) is 18.0 Å². The molecule has 1 aliphatic rings. The molecule has 3 amide bonds. The smallest absolute Gasteiger partial charge is 0.323 e. The summed E-state index contributed by atoms with van der Waals surface area (Å²) in [7, 11) is -4.22. The van der Waals surface area contributed by atoms with Gasteiger partial charge in [-0.25, -0.2) is 13.2 Å². The maximum Gasteiger partial charge on any atom is 0.323 e. The van der Waals surface area contributed by atoms with Crippen LogP contribution in [0.1, 0.15) is 16.7 Å². The van der Waals surface area contributed by atoms with Gasteiger partial charge in [0.25, 0.3) is 5.91 Å². The number of sulfonamides is 1. The Balaban J connectivity index is 1.63. The molecular formula is C26H27Cl2N5O4S. The monoisotopic (exact) mass is 575 g/mol. The van der Waals surface area contributed by atoms with Gasteiger partial charge >= 0.3 is 6.03 Å². The molecular weight excluding hydrogens is 549 g/mol. The van der Waals surface area contributed by atoms with Gasteiger partial charge in [-0.2, -0.15) is 4.31 Å². The molecule has 200 valence electrons. The molecule has 0 radical (unpaired) electrons. The van der Waals surface area contributed by atoms with Gasteiger partial charge < -0.3 is 16.4 Å². The predicted octanol–water partition coefficient (Wildman–Crippen LogP) is 3.94. The van der Waals surface area contributed by atoms with Crippen molar-refractivity contribution in [1.82, 2.24) is 14.5 Å². The van der Waals surface area contributed by atoms with Gasteiger partial charge in [0, 0.05) is 31.9 Å². The quantitative estimate of drug-likeness (QED) is 0.393. The number of nitrogens with zero attached hydrogens (tertiary/aromatic N) is 2. The molecule has 9 nitrogen and oxygen atoms in total. The van der Waals surface area contributed by atoms with Crippen LogP contribution in [0.5, 0.6) is 0 Å². The van der Waals surface area contributed by atoms with Gasteiger partial charge in [-0.15, -0.1) is 0 Å². The Bertz CT molecular complexity index is 1470. The zero-order valence-electron chi connectivity index (χ0n) is 20.5. The SMILES string of the molecule is Cc1cccc(NC(=O)N2CCN(S(=O)(=O)c3ccc(Cl)c(Cl)c3)C2C(=O)NCc2cccc(CN)c2)c1. The van der Waals surface area contributed by atoms with Crippen molar-refractivity contribution in [2.75, 3.05) is 18.4 Å². The third-order valence-corrected chi connectivity index (χ3v) is 8.67. The fourth-order valence-corrected chi connectivity index (χ4v) is 6.12. The molecule has 1 aliphatic heterocycles. The van der Waals surface area contributed by atoms with E-state index in [-0.39, 0.29) is 34.6 Å². The molecule has 0 aliphatic carbocycles. The van der Waals surface area contributed by atoms with Gasteiger partial charge in [0.2, 0.25) is 10.0 Å². The molecule has 3 aromatic rings. The molecule has 1 unspecified atom stereocenters. The van der Waals surface area contributed by atoms with Crippen LogP contribution in [0.4, 0.5) is 10.5 Å². The Morgan fingerprint density at radius 2 is 1.71 bits per heavy atom. The summed E-state index contributed by atoms with van der Waals surface area (Å²) in [6.07, 6.45) is -1.43. The Hall–Kier alpha value is -3.15. The molecule has 0 spiro atoms. The second-order valence-corrected chi connectivity index (χ2v) is 11.5. The topological polar surface area (TPSA) is 125 Å². The number of aryl methyl sites for hydroxylation is 1. The van der Waals surface area contributed by atoms with Gasteiger partial charge in [0.1, 0.15) is 0 Å². The summed E-state index contributed by atoms with van der Waals surface area (Å²) in [5, 5.41) is 5.78. The largest absolute Gasteiger partial charge is 0.349 e. The molecule has 1 saturated heterocycles. The molecule has 1 atom stereocenters. The summed E-state index contributed by atoms with van der Waals surface area (Å²) in [6.45, 7) is 2.25. The number of nitrogens with one attached hydrogen (secondary N) is 2. The van der Waals surface area contributed by atoms with Gasteiger partial charge in [-0.05, 0) is 53.9 Å². The van der Waals surface area contributed by atoms with E-state index in [0.717, 1.165) is 21.0 Å². The minimum atomic E-state index is -4.22. The Kier molecular flexibility index (Phi) is 8.59. The zero-order valence-corrected chi connectivity index (χ0v) is 22.9. The summed E-state index contributed by atoms with van der Waals surface area (Å²) < 4.78 is 28.2. The number of amides is 3. The van der Waals surface area contributed by atoms with E-state index in [2.05, 4.69) is 10.6 Å². The molecule has 0 bridgehead atoms. The lowest BCUT2D eigenvalue weighted by molar-refractivity contribution is -0.127. The zero-order chi connectivity index (χ0) is 27.4. The van der Waals surface area contributed by atoms with E-state index in [1.165, 1.54) is 23.1 Å². The molecule has 4 N–H and O–H groups in total. The number of nitrogens with two attached hydrogens (primary N) is 1. The molecule has 3 aromatic carbocycles. The van der Waals surface area contributed by atoms with E-state index in [1.807, 2.05) is 37.3 Å². The van der Waals surface area contributed by atoms with Crippen LogP contribution in [0, 0.1) is 6.92 Å². The third kappa shape index (κ3) is 6.11. The summed E-state index contributed by atoms with van der Waals surface area (Å²) in [5.41, 5.74) is 8.84. The van der Waals surface area contributed by atoms with Crippen LogP contribution in [0.2, 0.25) is 10.0 Å². The average Bonchev–Trinajstić information content (AvgIpc) is 3.35. The third-order valence-electron chi connectivity index (χ3n) is 6.09. The molecule has 0 aromatic heterocycles. The van der Waals surface area contributed by atoms with E-state index in [1.54, 1.807) is 18.2 Å². The van der Waals surface area contributed by atoms with Crippen molar-refractivity contribution < 1.29 is 18.0 Å². The fourth-order valence-electron chi connectivity index (χ4n) is 4.18. The second-order valence-electron chi connectivity index (χ2n) is 8.80. The Labute approximate surface area is 231 Å². The van der Waals surface area contributed by atoms with Crippen LogP contribution < -0.4 is 16.4 Å². The molecule has 12 heteroatoms. The minimum absolute atomic E-state index is 0.00105. The van der Waals surface area contributed by atoms with Crippen molar-refractivity contribution in [2.24, 2.45) is 5.73 Å². The van der Waals surface area contributed by atoms with E-state index in [4.69, 9.17) is 28.9 Å². The first kappa shape index (κ1) is 27.9. The number of urea groups is 1. The summed E-state index contributed by atoms with van der Waals surface area (Å²) in [6, 6.07) is 17.8. The normalized spacial score (nSPS) is 15.9. The molecule has 1 fully saturated rings. The highest BCUT2D eigenvalue weighted by Gasteiger charge is 2.46. The maximum absolute atomic E-state index is 13.6. The van der Waals surface area contributed by atoms with Crippen molar-refractivity contribution in [1.29, 1.82) is 0 Å². The summed E-state index contributed by atoms with van der Waals surface area (Å²) >= 11 is 12.0. The van der Waals surface area contributed by atoms with Crippen molar-refractivity contribution in [2.45, 2.75) is 31.1 Å². The molecule has 0 saturated carbocycles. The van der Waals surface area contributed by atoms with Crippen molar-refractivity contribution in [3.8, 4) is 0 Å². The lowest BCUT2D eigenvalue weighted by atomic mass is 10.1. The molecule has 38 heavy (non-hydrogen) atoms. The van der Waals surface area contributed by atoms with Crippen LogP contribution in [-0.4, -0.2) is 48.8 Å². The standard InChI is InChI=1S/C26H27Cl2N5O4S/c1-17-4-2-7-20(12-17)31-26(35)32-10-11-33(38(36,37)21-8-9-22(27)23(28)14-21)25(32)24(34)30-16-19-6-3-5-18(13-19)15-29/h2-9,12-14,25H,10-11,15-16,29H2,1H3,(H,30,34)(H,31,35). The number of hydrogen-bond acceptors (Lipinski definition) is 5. The highest BCUT2D eigenvalue weighted by Crippen LogP contribution is 2.30. The maximum atomic E-state index is 13.6. The van der Waals surface area contributed by atoms with Crippen LogP contribution in [0.15, 0.2) is 71.6 Å². The van der Waals surface area contributed by atoms with Crippen LogP contribution in [0.25, 0.3) is 0 Å². The Morgan fingerprint density at radius 1 is 0.974 bits per heavy atom. The van der Waals surface area contributed by atoms with Crippen LogP contribution >= 0.6 is 23.2 Å². The first-order chi connectivity index (χ1) is 18.1. The highest BCUT2D eigenvalue weighted by atomic mass is 35.5. The van der Waals surface area contributed by atoms with Crippen LogP contribution in [0.3, 0.4) is 0 Å². The van der Waals surface area contributed by atoms with Gasteiger partial charge in [-0.1, -0.05) is 59.6 Å². The van der Waals surface area contributed by atoms with E-state index >= 15 is 0 Å². The van der Waals surface area contributed by atoms with E-state index < -0.39 is 28.1 Å². The number of benzene rings is 3. The number of carbonyl (C=O) groups excluding carboxylic acids is 2. The van der Waals surface area contributed by atoms with Crippen molar-refractivity contribution in [3.63, 3.8) is 0 Å². The first-order valence-corrected chi connectivity index (χ1v) is 14.0. The Morgan fingerprint density at radius 3 is 2.42 bits per heavy atom. The number of hydrogen-bond donors (Lipinski definition) is 3. The lowest BCUT2D eigenvalue weighted by Gasteiger charge is -2.29. The fraction of sp³-hybridized carbons (Fsp3) is 0.231. The highest BCUT2D eigenvalue weighted by molar-refractivity contribution is 7.89. The minimum Gasteiger partial charge on any atom is -0.349 e. The van der Waals surface area contributed by atoms with Crippen molar-refractivity contribution in [3.05, 3.63) is 93.5 Å².